The lowest BCUT2D eigenvalue weighted by Crippen LogP contribution is -2.10. The molecule has 0 bridgehead atoms. The number of hydrogen-bond donors (Lipinski definition) is 0. The average Bonchev–Trinajstić information content (AvgIpc) is 3.77. The van der Waals surface area contributed by atoms with Crippen molar-refractivity contribution in [3.8, 4) is 55.8 Å². The minimum absolute atomic E-state index is 0.866. The molecule has 0 aliphatic rings. The molecular formula is C58H39NO. The molecule has 0 spiro atoms. The van der Waals surface area contributed by atoms with Crippen molar-refractivity contribution in [2.45, 2.75) is 0 Å². The van der Waals surface area contributed by atoms with Crippen LogP contribution < -0.4 is 4.90 Å². The highest BCUT2D eigenvalue weighted by atomic mass is 16.3. The van der Waals surface area contributed by atoms with E-state index in [0.717, 1.165) is 56.0 Å². The predicted octanol–water partition coefficient (Wildman–Crippen LogP) is 16.5. The van der Waals surface area contributed by atoms with Crippen molar-refractivity contribution in [2.75, 3.05) is 4.90 Å². The molecule has 10 aromatic carbocycles. The summed E-state index contributed by atoms with van der Waals surface area (Å²) in [6.45, 7) is 0. The van der Waals surface area contributed by atoms with E-state index >= 15 is 0 Å². The van der Waals surface area contributed by atoms with Gasteiger partial charge in [-0.1, -0.05) is 176 Å². The molecule has 11 aromatic rings. The second-order valence-electron chi connectivity index (χ2n) is 15.3. The summed E-state index contributed by atoms with van der Waals surface area (Å²) in [5.74, 6) is 0.866. The number of hydrogen-bond acceptors (Lipinski definition) is 2. The summed E-state index contributed by atoms with van der Waals surface area (Å²) in [6, 6.07) is 84.9. The second-order valence-corrected chi connectivity index (χ2v) is 15.3. The van der Waals surface area contributed by atoms with E-state index in [-0.39, 0.29) is 0 Å². The van der Waals surface area contributed by atoms with E-state index in [0.29, 0.717) is 0 Å². The molecule has 0 N–H and O–H groups in total. The van der Waals surface area contributed by atoms with E-state index in [1.54, 1.807) is 0 Å². The summed E-state index contributed by atoms with van der Waals surface area (Å²) < 4.78 is 6.36. The molecule has 0 unspecified atom stereocenters. The van der Waals surface area contributed by atoms with Crippen LogP contribution in [-0.4, -0.2) is 0 Å². The molecule has 11 rings (SSSR count). The van der Waals surface area contributed by atoms with Gasteiger partial charge >= 0.3 is 0 Å². The molecule has 0 radical (unpaired) electrons. The van der Waals surface area contributed by atoms with Gasteiger partial charge in [0, 0.05) is 27.7 Å². The zero-order valence-electron chi connectivity index (χ0n) is 32.9. The van der Waals surface area contributed by atoms with E-state index in [9.17, 15) is 0 Å². The first-order valence-corrected chi connectivity index (χ1v) is 20.5. The van der Waals surface area contributed by atoms with Crippen molar-refractivity contribution in [1.29, 1.82) is 0 Å². The van der Waals surface area contributed by atoms with Crippen LogP contribution in [0.15, 0.2) is 241 Å². The minimum atomic E-state index is 0.866. The van der Waals surface area contributed by atoms with Crippen LogP contribution in [0.4, 0.5) is 17.1 Å². The summed E-state index contributed by atoms with van der Waals surface area (Å²) in [4.78, 5) is 2.41. The van der Waals surface area contributed by atoms with Gasteiger partial charge in [-0.05, 0) is 121 Å². The molecular weight excluding hydrogens is 727 g/mol. The van der Waals surface area contributed by atoms with Gasteiger partial charge in [-0.2, -0.15) is 0 Å². The Balaban J connectivity index is 1.04. The lowest BCUT2D eigenvalue weighted by Gasteiger charge is -2.28. The molecule has 2 heteroatoms. The molecule has 1 heterocycles. The molecule has 60 heavy (non-hydrogen) atoms. The fourth-order valence-corrected chi connectivity index (χ4v) is 8.69. The van der Waals surface area contributed by atoms with Gasteiger partial charge in [0.05, 0.1) is 5.69 Å². The quantitative estimate of drug-likeness (QED) is 0.143. The highest BCUT2D eigenvalue weighted by Crippen LogP contribution is 2.44. The van der Waals surface area contributed by atoms with E-state index in [1.165, 1.54) is 49.4 Å². The van der Waals surface area contributed by atoms with Gasteiger partial charge in [-0.15, -0.1) is 0 Å². The highest BCUT2D eigenvalue weighted by Gasteiger charge is 2.19. The van der Waals surface area contributed by atoms with Crippen LogP contribution >= 0.6 is 0 Å². The van der Waals surface area contributed by atoms with Gasteiger partial charge in [0.2, 0.25) is 0 Å². The monoisotopic (exact) mass is 765 g/mol. The van der Waals surface area contributed by atoms with Crippen LogP contribution in [-0.2, 0) is 0 Å². The number of para-hydroxylation sites is 1. The van der Waals surface area contributed by atoms with Gasteiger partial charge < -0.3 is 9.32 Å². The number of furan rings is 1. The van der Waals surface area contributed by atoms with E-state index in [1.807, 2.05) is 12.1 Å². The first kappa shape index (κ1) is 35.2. The van der Waals surface area contributed by atoms with Gasteiger partial charge in [-0.25, -0.2) is 0 Å². The Labute approximate surface area is 349 Å². The van der Waals surface area contributed by atoms with E-state index in [2.05, 4.69) is 229 Å². The molecule has 282 valence electrons. The molecule has 0 saturated heterocycles. The Morgan fingerprint density at radius 3 is 1.37 bits per heavy atom. The molecule has 0 aliphatic heterocycles. The normalized spacial score (nSPS) is 11.3. The fourth-order valence-electron chi connectivity index (χ4n) is 8.69. The first-order valence-electron chi connectivity index (χ1n) is 20.5. The third-order valence-electron chi connectivity index (χ3n) is 11.6. The Bertz CT molecular complexity index is 3200. The third-order valence-corrected chi connectivity index (χ3v) is 11.6. The number of benzene rings is 10. The highest BCUT2D eigenvalue weighted by molar-refractivity contribution is 6.14. The fraction of sp³-hybridized carbons (Fsp3) is 0. The van der Waals surface area contributed by atoms with Crippen LogP contribution in [0.3, 0.4) is 0 Å². The molecule has 0 saturated carbocycles. The average molecular weight is 766 g/mol. The number of nitrogens with zero attached hydrogens (tertiary/aromatic N) is 1. The van der Waals surface area contributed by atoms with Crippen molar-refractivity contribution in [3.63, 3.8) is 0 Å². The smallest absolute Gasteiger partial charge is 0.136 e. The summed E-state index contributed by atoms with van der Waals surface area (Å²) in [5, 5.41) is 5.98. The van der Waals surface area contributed by atoms with Crippen LogP contribution in [0.5, 0.6) is 0 Å². The standard InChI is InChI=1S/C58H39NO/c1-3-15-40(16-4-1)46-35-47(41-17-5-2-6-18-41)37-48(36-46)42-27-31-49(32-28-42)59(56-38-44-19-7-9-22-52(44)53-23-11-12-24-54(53)56)50-33-29-43(30-34-50)51-21-10-13-25-55(51)58-39-45-20-8-14-26-57(45)60-58/h1-39H. The van der Waals surface area contributed by atoms with Crippen molar-refractivity contribution in [3.05, 3.63) is 237 Å². The lowest BCUT2D eigenvalue weighted by molar-refractivity contribution is 0.632. The van der Waals surface area contributed by atoms with Gasteiger partial charge in [0.25, 0.3) is 0 Å². The number of rotatable bonds is 8. The Hall–Kier alpha value is -7.94. The van der Waals surface area contributed by atoms with Crippen molar-refractivity contribution >= 4 is 49.6 Å². The van der Waals surface area contributed by atoms with Crippen molar-refractivity contribution < 1.29 is 4.42 Å². The maximum atomic E-state index is 6.36. The molecule has 0 fully saturated rings. The second kappa shape index (κ2) is 15.1. The van der Waals surface area contributed by atoms with Gasteiger partial charge in [-0.3, -0.25) is 0 Å². The number of anilines is 3. The Kier molecular flexibility index (Phi) is 8.87. The zero-order valence-corrected chi connectivity index (χ0v) is 32.9. The third kappa shape index (κ3) is 6.51. The van der Waals surface area contributed by atoms with Crippen LogP contribution in [0.25, 0.3) is 88.3 Å². The molecule has 1 aromatic heterocycles. The summed E-state index contributed by atoms with van der Waals surface area (Å²) in [5.41, 5.74) is 14.6. The van der Waals surface area contributed by atoms with E-state index < -0.39 is 0 Å². The molecule has 0 aliphatic carbocycles. The summed E-state index contributed by atoms with van der Waals surface area (Å²) in [7, 11) is 0. The predicted molar refractivity (Wildman–Crippen MR) is 253 cm³/mol. The largest absolute Gasteiger partial charge is 0.456 e. The van der Waals surface area contributed by atoms with Crippen molar-refractivity contribution in [2.24, 2.45) is 0 Å². The Morgan fingerprint density at radius 2 is 0.750 bits per heavy atom. The molecule has 0 amide bonds. The zero-order chi connectivity index (χ0) is 39.8. The molecule has 0 atom stereocenters. The van der Waals surface area contributed by atoms with Crippen LogP contribution in [0, 0.1) is 0 Å². The van der Waals surface area contributed by atoms with E-state index in [4.69, 9.17) is 4.42 Å². The van der Waals surface area contributed by atoms with Crippen LogP contribution in [0.1, 0.15) is 0 Å². The molecule has 2 nitrogen and oxygen atoms in total. The maximum absolute atomic E-state index is 6.36. The number of fused-ring (bicyclic) bond motifs is 4. The van der Waals surface area contributed by atoms with Crippen LogP contribution in [0.2, 0.25) is 0 Å². The SMILES string of the molecule is c1ccc(-c2cc(-c3ccccc3)cc(-c3ccc(N(c4ccc(-c5ccccc5-c5cc6ccccc6o5)cc4)c4cc5ccccc5c5ccccc45)cc3)c2)cc1. The van der Waals surface area contributed by atoms with Crippen molar-refractivity contribution in [1.82, 2.24) is 0 Å². The minimum Gasteiger partial charge on any atom is -0.456 e. The maximum Gasteiger partial charge on any atom is 0.136 e. The lowest BCUT2D eigenvalue weighted by atomic mass is 9.93. The van der Waals surface area contributed by atoms with Gasteiger partial charge in [0.1, 0.15) is 11.3 Å². The van der Waals surface area contributed by atoms with Gasteiger partial charge in [0.15, 0.2) is 0 Å². The topological polar surface area (TPSA) is 16.4 Å². The summed E-state index contributed by atoms with van der Waals surface area (Å²) in [6.07, 6.45) is 0. The Morgan fingerprint density at radius 1 is 0.283 bits per heavy atom. The first-order chi connectivity index (χ1) is 29.7. The summed E-state index contributed by atoms with van der Waals surface area (Å²) >= 11 is 0.